The van der Waals surface area contributed by atoms with Crippen LogP contribution in [0.2, 0.25) is 0 Å². The van der Waals surface area contributed by atoms with Crippen LogP contribution >= 0.6 is 0 Å². The first-order valence-corrected chi connectivity index (χ1v) is 6.95. The number of hydrogen-bond acceptors (Lipinski definition) is 6. The van der Waals surface area contributed by atoms with Crippen LogP contribution in [0.15, 0.2) is 0 Å². The molecule has 110 valence electrons. The van der Waals surface area contributed by atoms with Gasteiger partial charge in [0, 0.05) is 5.41 Å². The van der Waals surface area contributed by atoms with Gasteiger partial charge >= 0.3 is 0 Å². The van der Waals surface area contributed by atoms with Gasteiger partial charge in [-0.2, -0.15) is 0 Å². The van der Waals surface area contributed by atoms with Crippen LogP contribution in [0.1, 0.15) is 13.3 Å². The van der Waals surface area contributed by atoms with Crippen molar-refractivity contribution in [1.29, 1.82) is 0 Å². The Labute approximate surface area is 113 Å². The minimum absolute atomic E-state index is 0.0325. The first-order chi connectivity index (χ1) is 9.30. The molecule has 3 fully saturated rings. The normalized spacial score (nSPS) is 34.9. The lowest BCUT2D eigenvalue weighted by atomic mass is 9.88. The Balaban J connectivity index is 1.45. The quantitative estimate of drug-likeness (QED) is 0.512. The van der Waals surface area contributed by atoms with Crippen LogP contribution in [0.25, 0.3) is 0 Å². The van der Waals surface area contributed by atoms with E-state index >= 15 is 0 Å². The Morgan fingerprint density at radius 2 is 1.53 bits per heavy atom. The second kappa shape index (κ2) is 6.03. The summed E-state index contributed by atoms with van der Waals surface area (Å²) in [6.45, 7) is 6.79. The number of ether oxygens (including phenoxy) is 6. The molecule has 19 heavy (non-hydrogen) atoms. The molecule has 3 aliphatic rings. The standard InChI is InChI=1S/C13H22O6/c1-2-13(8-18-11-5-16-11,9-19-12-6-17-12)7-14-3-10-4-15-10/h10-12H,2-9H2,1H3. The van der Waals surface area contributed by atoms with Gasteiger partial charge in [-0.1, -0.05) is 6.92 Å². The van der Waals surface area contributed by atoms with E-state index in [0.29, 0.717) is 39.6 Å². The van der Waals surface area contributed by atoms with Gasteiger partial charge < -0.3 is 28.4 Å². The van der Waals surface area contributed by atoms with Crippen LogP contribution in [-0.2, 0) is 28.4 Å². The third-order valence-electron chi connectivity index (χ3n) is 3.62. The van der Waals surface area contributed by atoms with Gasteiger partial charge in [0.2, 0.25) is 0 Å². The van der Waals surface area contributed by atoms with Crippen molar-refractivity contribution in [3.63, 3.8) is 0 Å². The third-order valence-corrected chi connectivity index (χ3v) is 3.62. The molecule has 3 unspecified atom stereocenters. The smallest absolute Gasteiger partial charge is 0.181 e. The molecule has 3 saturated heterocycles. The fourth-order valence-electron chi connectivity index (χ4n) is 1.81. The van der Waals surface area contributed by atoms with E-state index in [1.54, 1.807) is 0 Å². The van der Waals surface area contributed by atoms with E-state index in [1.165, 1.54) is 0 Å². The second-order valence-corrected chi connectivity index (χ2v) is 5.47. The molecule has 3 rings (SSSR count). The molecule has 0 spiro atoms. The number of rotatable bonds is 11. The van der Waals surface area contributed by atoms with Crippen molar-refractivity contribution in [2.75, 3.05) is 46.2 Å². The van der Waals surface area contributed by atoms with E-state index in [9.17, 15) is 0 Å². The van der Waals surface area contributed by atoms with Crippen molar-refractivity contribution >= 4 is 0 Å². The summed E-state index contributed by atoms with van der Waals surface area (Å²) in [5.41, 5.74) is -0.132. The zero-order valence-electron chi connectivity index (χ0n) is 11.3. The van der Waals surface area contributed by atoms with Crippen molar-refractivity contribution in [3.8, 4) is 0 Å². The summed E-state index contributed by atoms with van der Waals surface area (Å²) in [5.74, 6) is 0. The van der Waals surface area contributed by atoms with Crippen LogP contribution in [0.4, 0.5) is 0 Å². The molecule has 3 heterocycles. The largest absolute Gasteiger partial charge is 0.378 e. The first-order valence-electron chi connectivity index (χ1n) is 6.95. The minimum Gasteiger partial charge on any atom is -0.378 e. The van der Waals surface area contributed by atoms with Crippen LogP contribution in [0.3, 0.4) is 0 Å². The molecule has 6 heteroatoms. The van der Waals surface area contributed by atoms with Crippen LogP contribution < -0.4 is 0 Å². The Morgan fingerprint density at radius 1 is 0.947 bits per heavy atom. The highest BCUT2D eigenvalue weighted by Gasteiger charge is 2.37. The molecular formula is C13H22O6. The summed E-state index contributed by atoms with van der Waals surface area (Å²) in [7, 11) is 0. The molecule has 0 aliphatic carbocycles. The molecule has 0 amide bonds. The average Bonchev–Trinajstić information content (AvgIpc) is 3.29. The zero-order valence-corrected chi connectivity index (χ0v) is 11.3. The topological polar surface area (TPSA) is 65.3 Å². The van der Waals surface area contributed by atoms with Gasteiger partial charge in [0.1, 0.15) is 19.3 Å². The van der Waals surface area contributed by atoms with E-state index in [4.69, 9.17) is 28.4 Å². The SMILES string of the molecule is CCC(COCC1CO1)(COC1CO1)COC1CO1. The third kappa shape index (κ3) is 4.66. The van der Waals surface area contributed by atoms with E-state index in [2.05, 4.69) is 6.92 Å². The van der Waals surface area contributed by atoms with E-state index < -0.39 is 0 Å². The van der Waals surface area contributed by atoms with E-state index in [0.717, 1.165) is 13.0 Å². The fraction of sp³-hybridized carbons (Fsp3) is 1.00. The highest BCUT2D eigenvalue weighted by atomic mass is 16.8. The molecule has 0 radical (unpaired) electrons. The molecule has 0 aromatic heterocycles. The highest BCUT2D eigenvalue weighted by molar-refractivity contribution is 4.80. The molecule has 0 N–H and O–H groups in total. The van der Waals surface area contributed by atoms with Gasteiger partial charge in [-0.25, -0.2) is 0 Å². The lowest BCUT2D eigenvalue weighted by Gasteiger charge is -2.31. The molecule has 0 bridgehead atoms. The summed E-state index contributed by atoms with van der Waals surface area (Å²) in [6, 6.07) is 0. The summed E-state index contributed by atoms with van der Waals surface area (Å²) in [6.07, 6.45) is 1.15. The van der Waals surface area contributed by atoms with Crippen molar-refractivity contribution in [2.45, 2.75) is 32.0 Å². The van der Waals surface area contributed by atoms with Gasteiger partial charge in [-0.3, -0.25) is 0 Å². The maximum Gasteiger partial charge on any atom is 0.181 e. The van der Waals surface area contributed by atoms with Gasteiger partial charge in [0.05, 0.1) is 33.0 Å². The summed E-state index contributed by atoms with van der Waals surface area (Å²) < 4.78 is 32.4. The van der Waals surface area contributed by atoms with E-state index in [1.807, 2.05) is 0 Å². The summed E-state index contributed by atoms with van der Waals surface area (Å²) >= 11 is 0. The molecule has 3 aliphatic heterocycles. The predicted octanol–water partition coefficient (Wildman–Crippen LogP) is 0.544. The Bertz CT molecular complexity index is 269. The zero-order chi connectivity index (χ0) is 13.1. The lowest BCUT2D eigenvalue weighted by Crippen LogP contribution is -2.38. The van der Waals surface area contributed by atoms with Crippen molar-refractivity contribution in [3.05, 3.63) is 0 Å². The van der Waals surface area contributed by atoms with Gasteiger partial charge in [0.15, 0.2) is 12.6 Å². The molecule has 0 aromatic carbocycles. The molecular weight excluding hydrogens is 252 g/mol. The Kier molecular flexibility index (Phi) is 4.36. The minimum atomic E-state index is -0.132. The van der Waals surface area contributed by atoms with Crippen LogP contribution in [0.5, 0.6) is 0 Å². The van der Waals surface area contributed by atoms with Crippen LogP contribution in [0, 0.1) is 5.41 Å². The van der Waals surface area contributed by atoms with Crippen molar-refractivity contribution in [1.82, 2.24) is 0 Å². The average molecular weight is 274 g/mol. The highest BCUT2D eigenvalue weighted by Crippen LogP contribution is 2.28. The molecule has 0 saturated carbocycles. The van der Waals surface area contributed by atoms with Crippen molar-refractivity contribution in [2.24, 2.45) is 5.41 Å². The molecule has 3 atom stereocenters. The lowest BCUT2D eigenvalue weighted by molar-refractivity contribution is -0.102. The molecule has 6 nitrogen and oxygen atoms in total. The van der Waals surface area contributed by atoms with Gasteiger partial charge in [-0.05, 0) is 6.42 Å². The maximum absolute atomic E-state index is 5.75. The van der Waals surface area contributed by atoms with Gasteiger partial charge in [0.25, 0.3) is 0 Å². The van der Waals surface area contributed by atoms with Crippen molar-refractivity contribution < 1.29 is 28.4 Å². The fourth-order valence-corrected chi connectivity index (χ4v) is 1.81. The molecule has 0 aromatic rings. The van der Waals surface area contributed by atoms with Gasteiger partial charge in [-0.15, -0.1) is 0 Å². The van der Waals surface area contributed by atoms with Crippen LogP contribution in [-0.4, -0.2) is 64.9 Å². The second-order valence-electron chi connectivity index (χ2n) is 5.47. The number of epoxide rings is 3. The van der Waals surface area contributed by atoms with E-state index in [-0.39, 0.29) is 24.1 Å². The Hall–Kier alpha value is -0.240. The summed E-state index contributed by atoms with van der Waals surface area (Å²) in [5, 5.41) is 0. The maximum atomic E-state index is 5.75. The Morgan fingerprint density at radius 3 is 1.95 bits per heavy atom. The first kappa shape index (κ1) is 13.7. The summed E-state index contributed by atoms with van der Waals surface area (Å²) in [4.78, 5) is 0. The number of hydrogen-bond donors (Lipinski definition) is 0. The monoisotopic (exact) mass is 274 g/mol. The predicted molar refractivity (Wildman–Crippen MR) is 64.7 cm³/mol.